The highest BCUT2D eigenvalue weighted by atomic mass is 79.9. The van der Waals surface area contributed by atoms with Crippen LogP contribution in [0.4, 0.5) is 4.39 Å². The lowest BCUT2D eigenvalue weighted by atomic mass is 10.0. The minimum Gasteiger partial charge on any atom is -0.494 e. The summed E-state index contributed by atoms with van der Waals surface area (Å²) >= 11 is 4.95. The van der Waals surface area contributed by atoms with Crippen LogP contribution in [0.3, 0.4) is 0 Å². The normalized spacial score (nSPS) is 12.4. The highest BCUT2D eigenvalue weighted by Crippen LogP contribution is 2.28. The van der Waals surface area contributed by atoms with Crippen LogP contribution in [0.25, 0.3) is 0 Å². The molecule has 0 aliphatic heterocycles. The van der Waals surface area contributed by atoms with Gasteiger partial charge in [-0.05, 0) is 40.0 Å². The highest BCUT2D eigenvalue weighted by Gasteiger charge is 2.14. The monoisotopic (exact) mass is 329 g/mol. The summed E-state index contributed by atoms with van der Waals surface area (Å²) < 4.78 is 19.9. The van der Waals surface area contributed by atoms with Gasteiger partial charge in [-0.3, -0.25) is 0 Å². The first-order chi connectivity index (χ1) is 8.61. The van der Waals surface area contributed by atoms with E-state index in [4.69, 9.17) is 10.5 Å². The Morgan fingerprint density at radius 1 is 1.50 bits per heavy atom. The molecular weight excluding hydrogens is 317 g/mol. The Kier molecular flexibility index (Phi) is 4.37. The molecule has 5 heteroatoms. The van der Waals surface area contributed by atoms with Crippen LogP contribution in [-0.4, -0.2) is 7.11 Å². The van der Waals surface area contributed by atoms with Crippen LogP contribution < -0.4 is 10.5 Å². The van der Waals surface area contributed by atoms with Crippen molar-refractivity contribution in [3.8, 4) is 5.75 Å². The zero-order valence-corrected chi connectivity index (χ0v) is 12.2. The molecule has 0 fully saturated rings. The van der Waals surface area contributed by atoms with Crippen molar-refractivity contribution in [3.05, 3.63) is 50.4 Å². The summed E-state index contributed by atoms with van der Waals surface area (Å²) in [5, 5.41) is 1.97. The number of halogens is 2. The van der Waals surface area contributed by atoms with Crippen LogP contribution in [0.1, 0.15) is 16.5 Å². The smallest absolute Gasteiger partial charge is 0.168 e. The first-order valence-corrected chi connectivity index (χ1v) is 7.10. The van der Waals surface area contributed by atoms with Gasteiger partial charge in [-0.15, -0.1) is 11.3 Å². The maximum Gasteiger partial charge on any atom is 0.168 e. The quantitative estimate of drug-likeness (QED) is 0.923. The maximum atomic E-state index is 14.0. The molecular formula is C13H13BrFNOS. The van der Waals surface area contributed by atoms with Crippen molar-refractivity contribution in [3.63, 3.8) is 0 Å². The van der Waals surface area contributed by atoms with Crippen LogP contribution in [0.5, 0.6) is 5.75 Å². The molecule has 0 amide bonds. The number of rotatable bonds is 4. The van der Waals surface area contributed by atoms with Gasteiger partial charge < -0.3 is 10.5 Å². The Hall–Kier alpha value is -0.910. The number of thiophene rings is 1. The van der Waals surface area contributed by atoms with Gasteiger partial charge in [0, 0.05) is 20.8 Å². The Morgan fingerprint density at radius 2 is 2.28 bits per heavy atom. The summed E-state index contributed by atoms with van der Waals surface area (Å²) in [4.78, 5) is 1.03. The molecule has 0 spiro atoms. The predicted octanol–water partition coefficient (Wildman–Crippen LogP) is 3.90. The molecule has 0 bridgehead atoms. The third kappa shape index (κ3) is 2.91. The molecule has 0 saturated heterocycles. The number of methoxy groups -OCH3 is 1. The van der Waals surface area contributed by atoms with Crippen molar-refractivity contribution in [2.24, 2.45) is 5.73 Å². The molecule has 0 aliphatic carbocycles. The SMILES string of the molecule is COc1cccc(CC(N)c2cc(Br)cs2)c1F. The second kappa shape index (κ2) is 5.82. The van der Waals surface area contributed by atoms with E-state index >= 15 is 0 Å². The van der Waals surface area contributed by atoms with E-state index < -0.39 is 0 Å². The number of ether oxygens (including phenoxy) is 1. The molecule has 1 atom stereocenters. The largest absolute Gasteiger partial charge is 0.494 e. The summed E-state index contributed by atoms with van der Waals surface area (Å²) in [6, 6.07) is 6.87. The van der Waals surface area contributed by atoms with Crippen LogP contribution in [0.15, 0.2) is 34.1 Å². The van der Waals surface area contributed by atoms with Crippen molar-refractivity contribution < 1.29 is 9.13 Å². The molecule has 1 aromatic carbocycles. The van der Waals surface area contributed by atoms with E-state index in [1.165, 1.54) is 7.11 Å². The third-order valence-corrected chi connectivity index (χ3v) is 4.48. The fourth-order valence-corrected chi connectivity index (χ4v) is 3.18. The molecule has 0 saturated carbocycles. The summed E-state index contributed by atoms with van der Waals surface area (Å²) in [7, 11) is 1.46. The van der Waals surface area contributed by atoms with Gasteiger partial charge in [-0.2, -0.15) is 0 Å². The van der Waals surface area contributed by atoms with Crippen LogP contribution >= 0.6 is 27.3 Å². The molecule has 96 valence electrons. The van der Waals surface area contributed by atoms with Gasteiger partial charge in [0.2, 0.25) is 0 Å². The third-order valence-electron chi connectivity index (χ3n) is 2.66. The van der Waals surface area contributed by atoms with Crippen molar-refractivity contribution in [2.75, 3.05) is 7.11 Å². The van der Waals surface area contributed by atoms with E-state index in [9.17, 15) is 4.39 Å². The number of hydrogen-bond donors (Lipinski definition) is 1. The lowest BCUT2D eigenvalue weighted by molar-refractivity contribution is 0.383. The molecule has 18 heavy (non-hydrogen) atoms. The predicted molar refractivity (Wildman–Crippen MR) is 75.6 cm³/mol. The molecule has 0 aliphatic rings. The molecule has 1 aromatic heterocycles. The fourth-order valence-electron chi connectivity index (χ4n) is 1.73. The molecule has 2 nitrogen and oxygen atoms in total. The number of hydrogen-bond acceptors (Lipinski definition) is 3. The van der Waals surface area contributed by atoms with Gasteiger partial charge in [0.05, 0.1) is 7.11 Å². The van der Waals surface area contributed by atoms with Gasteiger partial charge >= 0.3 is 0 Å². The van der Waals surface area contributed by atoms with E-state index in [1.54, 1.807) is 29.5 Å². The number of nitrogens with two attached hydrogens (primary N) is 1. The van der Waals surface area contributed by atoms with Crippen molar-refractivity contribution in [2.45, 2.75) is 12.5 Å². The average molecular weight is 330 g/mol. The van der Waals surface area contributed by atoms with Crippen LogP contribution in [0.2, 0.25) is 0 Å². The zero-order valence-electron chi connectivity index (χ0n) is 9.82. The second-order valence-corrected chi connectivity index (χ2v) is 5.77. The molecule has 2 N–H and O–H groups in total. The Balaban J connectivity index is 2.19. The van der Waals surface area contributed by atoms with Gasteiger partial charge in [-0.1, -0.05) is 12.1 Å². The van der Waals surface area contributed by atoms with Crippen molar-refractivity contribution in [1.82, 2.24) is 0 Å². The molecule has 1 heterocycles. The van der Waals surface area contributed by atoms with E-state index in [0.717, 1.165) is 9.35 Å². The minimum absolute atomic E-state index is 0.206. The molecule has 1 unspecified atom stereocenters. The fraction of sp³-hybridized carbons (Fsp3) is 0.231. The Bertz CT molecular complexity index is 544. The zero-order chi connectivity index (χ0) is 13.1. The highest BCUT2D eigenvalue weighted by molar-refractivity contribution is 9.10. The topological polar surface area (TPSA) is 35.2 Å². The maximum absolute atomic E-state index is 14.0. The van der Waals surface area contributed by atoms with Gasteiger partial charge in [0.15, 0.2) is 11.6 Å². The number of benzene rings is 1. The first kappa shape index (κ1) is 13.5. The lowest BCUT2D eigenvalue weighted by Gasteiger charge is -2.12. The van der Waals surface area contributed by atoms with E-state index in [1.807, 2.05) is 11.4 Å². The Labute approximate surface area is 118 Å². The summed E-state index contributed by atoms with van der Waals surface area (Å²) in [5.74, 6) is -0.0712. The van der Waals surface area contributed by atoms with Crippen LogP contribution in [-0.2, 0) is 6.42 Å². The van der Waals surface area contributed by atoms with E-state index in [0.29, 0.717) is 12.0 Å². The van der Waals surface area contributed by atoms with Crippen LogP contribution in [0, 0.1) is 5.82 Å². The van der Waals surface area contributed by atoms with E-state index in [2.05, 4.69) is 15.9 Å². The van der Waals surface area contributed by atoms with Crippen molar-refractivity contribution >= 4 is 27.3 Å². The molecule has 2 aromatic rings. The standard InChI is InChI=1S/C13H13BrFNOS/c1-17-11-4-2-3-8(13(11)15)5-10(16)12-6-9(14)7-18-12/h2-4,6-7,10H,5,16H2,1H3. The van der Waals surface area contributed by atoms with Gasteiger partial charge in [0.25, 0.3) is 0 Å². The summed E-state index contributed by atoms with van der Waals surface area (Å²) in [6.45, 7) is 0. The Morgan fingerprint density at radius 3 is 2.89 bits per heavy atom. The van der Waals surface area contributed by atoms with Gasteiger partial charge in [0.1, 0.15) is 0 Å². The summed E-state index contributed by atoms with van der Waals surface area (Å²) in [6.07, 6.45) is 0.454. The molecule has 2 rings (SSSR count). The van der Waals surface area contributed by atoms with Crippen molar-refractivity contribution in [1.29, 1.82) is 0 Å². The average Bonchev–Trinajstić information content (AvgIpc) is 2.78. The lowest BCUT2D eigenvalue weighted by Crippen LogP contribution is -2.13. The first-order valence-electron chi connectivity index (χ1n) is 5.42. The molecule has 0 radical (unpaired) electrons. The second-order valence-electron chi connectivity index (χ2n) is 3.91. The minimum atomic E-state index is -0.328. The van der Waals surface area contributed by atoms with E-state index in [-0.39, 0.29) is 17.6 Å². The van der Waals surface area contributed by atoms with Gasteiger partial charge in [-0.25, -0.2) is 4.39 Å². The summed E-state index contributed by atoms with van der Waals surface area (Å²) in [5.41, 5.74) is 6.66.